The van der Waals surface area contributed by atoms with E-state index in [-0.39, 0.29) is 22.5 Å². The molecule has 0 aromatic heterocycles. The fourth-order valence-electron chi connectivity index (χ4n) is 2.75. The summed E-state index contributed by atoms with van der Waals surface area (Å²) in [6.07, 6.45) is 5.05. The van der Waals surface area contributed by atoms with Crippen molar-refractivity contribution in [2.75, 3.05) is 0 Å². The second-order valence-corrected chi connectivity index (χ2v) is 6.94. The number of halogens is 1. The Kier molecular flexibility index (Phi) is 6.31. The van der Waals surface area contributed by atoms with Crippen molar-refractivity contribution in [3.05, 3.63) is 115 Å². The third-order valence-electron chi connectivity index (χ3n) is 4.14. The predicted octanol–water partition coefficient (Wildman–Crippen LogP) is 6.57. The van der Waals surface area contributed by atoms with Gasteiger partial charge < -0.3 is 0 Å². The molecule has 0 radical (unpaired) electrons. The zero-order valence-corrected chi connectivity index (χ0v) is 16.7. The maximum absolute atomic E-state index is 11.6. The number of benzene rings is 3. The number of nitro benzene ring substituents is 2. The summed E-state index contributed by atoms with van der Waals surface area (Å²) in [5, 5.41) is 23.1. The van der Waals surface area contributed by atoms with Crippen LogP contribution in [0.15, 0.2) is 72.8 Å². The van der Waals surface area contributed by atoms with Gasteiger partial charge in [-0.25, -0.2) is 0 Å². The first-order chi connectivity index (χ1) is 14.0. The molecule has 0 bridgehead atoms. The minimum atomic E-state index is -0.618. The summed E-state index contributed by atoms with van der Waals surface area (Å²) in [5.41, 5.74) is 1.57. The average molecular weight is 451 g/mol. The van der Waals surface area contributed by atoms with Gasteiger partial charge in [-0.15, -0.1) is 0 Å². The largest absolute Gasteiger partial charge is 0.284 e. The maximum Gasteiger partial charge on any atom is 0.284 e. The molecule has 0 saturated carbocycles. The van der Waals surface area contributed by atoms with Crippen molar-refractivity contribution in [3.63, 3.8) is 0 Å². The zero-order valence-electron chi connectivity index (χ0n) is 15.1. The molecule has 0 aliphatic heterocycles. The quantitative estimate of drug-likeness (QED) is 0.241. The highest BCUT2D eigenvalue weighted by atomic mass is 79.9. The lowest BCUT2D eigenvalue weighted by Crippen LogP contribution is -1.99. The van der Waals surface area contributed by atoms with Crippen molar-refractivity contribution in [1.29, 1.82) is 0 Å². The van der Waals surface area contributed by atoms with Crippen molar-refractivity contribution >= 4 is 50.0 Å². The Labute approximate surface area is 175 Å². The van der Waals surface area contributed by atoms with Crippen molar-refractivity contribution < 1.29 is 9.85 Å². The van der Waals surface area contributed by atoms with Gasteiger partial charge in [-0.2, -0.15) is 0 Å². The van der Waals surface area contributed by atoms with Gasteiger partial charge in [0.15, 0.2) is 0 Å². The molecule has 6 nitrogen and oxygen atoms in total. The molecule has 0 spiro atoms. The third kappa shape index (κ3) is 5.03. The molecule has 144 valence electrons. The molecule has 0 aliphatic rings. The predicted molar refractivity (Wildman–Crippen MR) is 118 cm³/mol. The van der Waals surface area contributed by atoms with Gasteiger partial charge in [-0.05, 0) is 45.3 Å². The van der Waals surface area contributed by atoms with E-state index in [0.29, 0.717) is 4.48 Å². The van der Waals surface area contributed by atoms with E-state index in [4.69, 9.17) is 0 Å². The Balaban J connectivity index is 2.14. The highest BCUT2D eigenvalue weighted by molar-refractivity contribution is 9.15. The van der Waals surface area contributed by atoms with E-state index < -0.39 is 9.85 Å². The Morgan fingerprint density at radius 3 is 1.86 bits per heavy atom. The van der Waals surface area contributed by atoms with Gasteiger partial charge in [-0.1, -0.05) is 66.7 Å². The Morgan fingerprint density at radius 1 is 0.759 bits per heavy atom. The van der Waals surface area contributed by atoms with Gasteiger partial charge in [0.25, 0.3) is 11.4 Å². The van der Waals surface area contributed by atoms with Crippen LogP contribution in [-0.4, -0.2) is 9.85 Å². The van der Waals surface area contributed by atoms with Gasteiger partial charge in [0.1, 0.15) is 0 Å². The molecule has 0 fully saturated rings. The molecule has 0 unspecified atom stereocenters. The van der Waals surface area contributed by atoms with Gasteiger partial charge in [0, 0.05) is 4.48 Å². The summed E-state index contributed by atoms with van der Waals surface area (Å²) in [6, 6.07) is 21.0. The van der Waals surface area contributed by atoms with Gasteiger partial charge in [0.2, 0.25) is 0 Å². The van der Waals surface area contributed by atoms with E-state index in [1.165, 1.54) is 6.07 Å². The molecule has 3 aromatic carbocycles. The molecule has 3 aromatic rings. The molecule has 7 heteroatoms. The second-order valence-electron chi connectivity index (χ2n) is 6.09. The average Bonchev–Trinajstić information content (AvgIpc) is 2.72. The van der Waals surface area contributed by atoms with Crippen LogP contribution in [0.5, 0.6) is 0 Å². The molecular weight excluding hydrogens is 436 g/mol. The molecule has 3 rings (SSSR count). The van der Waals surface area contributed by atoms with E-state index in [1.807, 2.05) is 60.7 Å². The summed E-state index contributed by atoms with van der Waals surface area (Å²) in [7, 11) is 0. The first-order valence-corrected chi connectivity index (χ1v) is 9.37. The van der Waals surface area contributed by atoms with E-state index >= 15 is 0 Å². The van der Waals surface area contributed by atoms with Crippen LogP contribution in [0.25, 0.3) is 22.7 Å². The monoisotopic (exact) mass is 450 g/mol. The molecule has 0 atom stereocenters. The maximum atomic E-state index is 11.6. The van der Waals surface area contributed by atoms with Gasteiger partial charge >= 0.3 is 0 Å². The Bertz CT molecular complexity index is 1110. The number of hydrogen-bond acceptors (Lipinski definition) is 4. The van der Waals surface area contributed by atoms with Crippen LogP contribution in [0.4, 0.5) is 11.4 Å². The molecule has 0 saturated heterocycles. The van der Waals surface area contributed by atoms with Crippen molar-refractivity contribution in [3.8, 4) is 0 Å². The zero-order chi connectivity index (χ0) is 20.8. The van der Waals surface area contributed by atoms with Crippen LogP contribution in [0.3, 0.4) is 0 Å². The minimum absolute atomic E-state index is 0.261. The Morgan fingerprint density at radius 2 is 1.31 bits per heavy atom. The number of hydrogen-bond donors (Lipinski definition) is 0. The molecular formula is C22H15BrN2O4. The lowest BCUT2D eigenvalue weighted by molar-refractivity contribution is -0.394. The van der Waals surface area contributed by atoms with Gasteiger partial charge in [0.05, 0.1) is 27.0 Å². The van der Waals surface area contributed by atoms with Crippen LogP contribution in [0, 0.1) is 20.2 Å². The van der Waals surface area contributed by atoms with Crippen molar-refractivity contribution in [2.24, 2.45) is 0 Å². The summed E-state index contributed by atoms with van der Waals surface area (Å²) in [4.78, 5) is 21.8. The lowest BCUT2D eigenvalue weighted by atomic mass is 10.0. The van der Waals surface area contributed by atoms with Crippen LogP contribution in [0.1, 0.15) is 22.3 Å². The molecule has 29 heavy (non-hydrogen) atoms. The lowest BCUT2D eigenvalue weighted by Gasteiger charge is -2.06. The number of nitro groups is 2. The van der Waals surface area contributed by atoms with Crippen LogP contribution < -0.4 is 0 Å². The van der Waals surface area contributed by atoms with Crippen molar-refractivity contribution in [1.82, 2.24) is 0 Å². The van der Waals surface area contributed by atoms with Crippen molar-refractivity contribution in [2.45, 2.75) is 0 Å². The van der Waals surface area contributed by atoms with Gasteiger partial charge in [-0.3, -0.25) is 20.2 Å². The fourth-order valence-corrected chi connectivity index (χ4v) is 3.33. The molecule has 0 N–H and O–H groups in total. The fraction of sp³-hybridized carbons (Fsp3) is 0. The SMILES string of the molecule is O=[N+]([O-])c1cc([N+](=O)[O-])c(/C(Br)=C\c2ccccc2)cc1/C=C\c1ccccc1. The highest BCUT2D eigenvalue weighted by Crippen LogP contribution is 2.37. The topological polar surface area (TPSA) is 86.3 Å². The smallest absolute Gasteiger partial charge is 0.258 e. The summed E-state index contributed by atoms with van der Waals surface area (Å²) in [5.74, 6) is 0. The van der Waals surface area contributed by atoms with E-state index in [0.717, 1.165) is 17.2 Å². The normalized spacial score (nSPS) is 11.6. The molecule has 0 heterocycles. The van der Waals surface area contributed by atoms with Crippen LogP contribution >= 0.6 is 15.9 Å². The third-order valence-corrected chi connectivity index (χ3v) is 4.80. The highest BCUT2D eigenvalue weighted by Gasteiger charge is 2.24. The summed E-state index contributed by atoms with van der Waals surface area (Å²) in [6.45, 7) is 0. The van der Waals surface area contributed by atoms with E-state index in [1.54, 1.807) is 18.2 Å². The first-order valence-electron chi connectivity index (χ1n) is 8.58. The van der Waals surface area contributed by atoms with Crippen LogP contribution in [-0.2, 0) is 0 Å². The summed E-state index contributed by atoms with van der Waals surface area (Å²) >= 11 is 3.40. The standard InChI is InChI=1S/C22H15BrN2O4/c23-20(13-17-9-5-2-6-10-17)19-14-18(12-11-16-7-3-1-4-8-16)21(24(26)27)15-22(19)25(28)29/h1-15H/b12-11-,20-13+. The minimum Gasteiger partial charge on any atom is -0.258 e. The molecule has 0 aliphatic carbocycles. The Hall–Kier alpha value is -3.58. The van der Waals surface area contributed by atoms with E-state index in [2.05, 4.69) is 15.9 Å². The first kappa shape index (κ1) is 20.2. The number of rotatable bonds is 6. The second kappa shape index (κ2) is 9.07. The summed E-state index contributed by atoms with van der Waals surface area (Å²) < 4.78 is 0.458. The molecule has 0 amide bonds. The van der Waals surface area contributed by atoms with Crippen LogP contribution in [0.2, 0.25) is 0 Å². The van der Waals surface area contributed by atoms with E-state index in [9.17, 15) is 20.2 Å². The number of nitrogens with zero attached hydrogens (tertiary/aromatic N) is 2.